The second-order valence-electron chi connectivity index (χ2n) is 5.71. The van der Waals surface area contributed by atoms with Gasteiger partial charge in [0.1, 0.15) is 0 Å². The van der Waals surface area contributed by atoms with Crippen molar-refractivity contribution in [1.29, 1.82) is 0 Å². The first kappa shape index (κ1) is 15.5. The van der Waals surface area contributed by atoms with E-state index in [9.17, 15) is 9.59 Å². The minimum Gasteiger partial charge on any atom is -0.481 e. The molecule has 0 bridgehead atoms. The summed E-state index contributed by atoms with van der Waals surface area (Å²) in [7, 11) is 0. The van der Waals surface area contributed by atoms with Gasteiger partial charge in [-0.2, -0.15) is 0 Å². The Morgan fingerprint density at radius 3 is 2.48 bits per heavy atom. The van der Waals surface area contributed by atoms with Crippen LogP contribution in [0.2, 0.25) is 0 Å². The third-order valence-electron chi connectivity index (χ3n) is 4.23. The van der Waals surface area contributed by atoms with Crippen LogP contribution in [-0.4, -0.2) is 23.5 Å². The lowest BCUT2D eigenvalue weighted by Crippen LogP contribution is -2.29. The standard InChI is InChI=1S/C16H22N2O3/c17-15(19)14-4-2-1-3-13(14)10-18-9-11-5-7-12(8-6-11)16(20)21/h1-4,11-12,18H,5-10H2,(H2,17,19)(H,20,21). The second-order valence-corrected chi connectivity index (χ2v) is 5.71. The van der Waals surface area contributed by atoms with Crippen LogP contribution >= 0.6 is 0 Å². The van der Waals surface area contributed by atoms with Gasteiger partial charge in [-0.25, -0.2) is 0 Å². The summed E-state index contributed by atoms with van der Waals surface area (Å²) >= 11 is 0. The first-order valence-electron chi connectivity index (χ1n) is 7.39. The third-order valence-corrected chi connectivity index (χ3v) is 4.23. The molecule has 0 aromatic heterocycles. The molecule has 5 nitrogen and oxygen atoms in total. The minimum atomic E-state index is -0.670. The predicted octanol–water partition coefficient (Wildman–Crippen LogP) is 1.77. The van der Waals surface area contributed by atoms with E-state index in [1.165, 1.54) is 0 Å². The Balaban J connectivity index is 1.78. The van der Waals surface area contributed by atoms with Gasteiger partial charge < -0.3 is 16.2 Å². The number of nitrogens with one attached hydrogen (secondary N) is 1. The van der Waals surface area contributed by atoms with Crippen LogP contribution in [0.1, 0.15) is 41.6 Å². The molecule has 0 heterocycles. The molecule has 1 aromatic rings. The molecule has 1 fully saturated rings. The summed E-state index contributed by atoms with van der Waals surface area (Å²) < 4.78 is 0. The Kier molecular flexibility index (Phi) is 5.33. The highest BCUT2D eigenvalue weighted by molar-refractivity contribution is 5.94. The molecule has 1 amide bonds. The van der Waals surface area contributed by atoms with Crippen molar-refractivity contribution in [2.45, 2.75) is 32.2 Å². The number of carbonyl (C=O) groups is 2. The van der Waals surface area contributed by atoms with E-state index >= 15 is 0 Å². The summed E-state index contributed by atoms with van der Waals surface area (Å²) in [6.45, 7) is 1.46. The zero-order valence-corrected chi connectivity index (χ0v) is 12.0. The molecule has 21 heavy (non-hydrogen) atoms. The van der Waals surface area contributed by atoms with Crippen molar-refractivity contribution in [2.75, 3.05) is 6.54 Å². The zero-order valence-electron chi connectivity index (χ0n) is 12.0. The number of rotatable bonds is 6. The average molecular weight is 290 g/mol. The molecular formula is C16H22N2O3. The van der Waals surface area contributed by atoms with E-state index in [1.54, 1.807) is 12.1 Å². The number of carbonyl (C=O) groups excluding carboxylic acids is 1. The number of hydrogen-bond acceptors (Lipinski definition) is 3. The molecule has 2 rings (SSSR count). The summed E-state index contributed by atoms with van der Waals surface area (Å²) in [4.78, 5) is 22.2. The number of benzene rings is 1. The highest BCUT2D eigenvalue weighted by atomic mass is 16.4. The van der Waals surface area contributed by atoms with Crippen molar-refractivity contribution in [3.8, 4) is 0 Å². The topological polar surface area (TPSA) is 92.4 Å². The van der Waals surface area contributed by atoms with E-state index in [0.717, 1.165) is 37.8 Å². The fourth-order valence-electron chi connectivity index (χ4n) is 2.94. The first-order chi connectivity index (χ1) is 10.1. The Morgan fingerprint density at radius 1 is 1.19 bits per heavy atom. The number of nitrogens with two attached hydrogens (primary N) is 1. The lowest BCUT2D eigenvalue weighted by atomic mass is 9.82. The van der Waals surface area contributed by atoms with Crippen LogP contribution in [0, 0.1) is 11.8 Å². The lowest BCUT2D eigenvalue weighted by molar-refractivity contribution is -0.143. The van der Waals surface area contributed by atoms with E-state index in [1.807, 2.05) is 12.1 Å². The monoisotopic (exact) mass is 290 g/mol. The number of carboxylic acids is 1. The summed E-state index contributed by atoms with van der Waals surface area (Å²) in [5.74, 6) is -0.732. The molecule has 1 saturated carbocycles. The van der Waals surface area contributed by atoms with Gasteiger partial charge in [-0.15, -0.1) is 0 Å². The zero-order chi connectivity index (χ0) is 15.2. The van der Waals surface area contributed by atoms with Gasteiger partial charge in [-0.05, 0) is 49.8 Å². The lowest BCUT2D eigenvalue weighted by Gasteiger charge is -2.26. The van der Waals surface area contributed by atoms with Crippen LogP contribution in [-0.2, 0) is 11.3 Å². The predicted molar refractivity (Wildman–Crippen MR) is 79.8 cm³/mol. The van der Waals surface area contributed by atoms with Crippen molar-refractivity contribution in [3.63, 3.8) is 0 Å². The van der Waals surface area contributed by atoms with Crippen molar-refractivity contribution in [1.82, 2.24) is 5.32 Å². The van der Waals surface area contributed by atoms with Crippen LogP contribution in [0.25, 0.3) is 0 Å². The van der Waals surface area contributed by atoms with Gasteiger partial charge in [0.25, 0.3) is 0 Å². The number of primary amides is 1. The van der Waals surface area contributed by atoms with Crippen LogP contribution in [0.3, 0.4) is 0 Å². The quantitative estimate of drug-likeness (QED) is 0.744. The van der Waals surface area contributed by atoms with Gasteiger partial charge in [-0.3, -0.25) is 9.59 Å². The van der Waals surface area contributed by atoms with Crippen molar-refractivity contribution < 1.29 is 14.7 Å². The number of aliphatic carboxylic acids is 1. The van der Waals surface area contributed by atoms with E-state index in [4.69, 9.17) is 10.8 Å². The number of carboxylic acid groups (broad SMARTS) is 1. The molecule has 0 radical (unpaired) electrons. The Morgan fingerprint density at radius 2 is 1.86 bits per heavy atom. The molecule has 0 aliphatic heterocycles. The number of hydrogen-bond donors (Lipinski definition) is 3. The maximum atomic E-state index is 11.3. The Hall–Kier alpha value is -1.88. The fourth-order valence-corrected chi connectivity index (χ4v) is 2.94. The largest absolute Gasteiger partial charge is 0.481 e. The molecule has 114 valence electrons. The summed E-state index contributed by atoms with van der Waals surface area (Å²) in [5, 5.41) is 12.3. The van der Waals surface area contributed by atoms with Crippen molar-refractivity contribution in [3.05, 3.63) is 35.4 Å². The molecule has 0 spiro atoms. The first-order valence-corrected chi connectivity index (χ1v) is 7.39. The van der Waals surface area contributed by atoms with Crippen LogP contribution in [0.15, 0.2) is 24.3 Å². The highest BCUT2D eigenvalue weighted by Gasteiger charge is 2.25. The molecule has 1 aliphatic rings. The Bertz CT molecular complexity index is 508. The average Bonchev–Trinajstić information content (AvgIpc) is 2.48. The third kappa shape index (κ3) is 4.29. The van der Waals surface area contributed by atoms with Crippen LogP contribution < -0.4 is 11.1 Å². The van der Waals surface area contributed by atoms with Crippen molar-refractivity contribution in [2.24, 2.45) is 17.6 Å². The summed E-state index contributed by atoms with van der Waals surface area (Å²) in [6.07, 6.45) is 3.42. The van der Waals surface area contributed by atoms with Gasteiger partial charge in [0, 0.05) is 12.1 Å². The SMILES string of the molecule is NC(=O)c1ccccc1CNCC1CCC(C(=O)O)CC1. The fraction of sp³-hybridized carbons (Fsp3) is 0.500. The van der Waals surface area contributed by atoms with E-state index in [0.29, 0.717) is 18.0 Å². The van der Waals surface area contributed by atoms with Gasteiger partial charge in [-0.1, -0.05) is 18.2 Å². The molecule has 0 unspecified atom stereocenters. The molecular weight excluding hydrogens is 268 g/mol. The van der Waals surface area contributed by atoms with Crippen LogP contribution in [0.4, 0.5) is 0 Å². The van der Waals surface area contributed by atoms with E-state index < -0.39 is 11.9 Å². The molecule has 4 N–H and O–H groups in total. The van der Waals surface area contributed by atoms with Crippen LogP contribution in [0.5, 0.6) is 0 Å². The summed E-state index contributed by atoms with van der Waals surface area (Å²) in [5.41, 5.74) is 6.81. The molecule has 1 aromatic carbocycles. The molecule has 5 heteroatoms. The van der Waals surface area contributed by atoms with E-state index in [-0.39, 0.29) is 5.92 Å². The number of amides is 1. The maximum absolute atomic E-state index is 11.3. The normalized spacial score (nSPS) is 21.9. The molecule has 1 aliphatic carbocycles. The summed E-state index contributed by atoms with van der Waals surface area (Å²) in [6, 6.07) is 7.32. The van der Waals surface area contributed by atoms with Gasteiger partial charge in [0.15, 0.2) is 0 Å². The van der Waals surface area contributed by atoms with Crippen molar-refractivity contribution >= 4 is 11.9 Å². The second kappa shape index (κ2) is 7.22. The van der Waals surface area contributed by atoms with Gasteiger partial charge >= 0.3 is 5.97 Å². The molecule has 0 atom stereocenters. The van der Waals surface area contributed by atoms with Gasteiger partial charge in [0.05, 0.1) is 5.92 Å². The molecule has 0 saturated heterocycles. The Labute approximate surface area is 124 Å². The highest BCUT2D eigenvalue weighted by Crippen LogP contribution is 2.28. The minimum absolute atomic E-state index is 0.170. The smallest absolute Gasteiger partial charge is 0.306 e. The maximum Gasteiger partial charge on any atom is 0.306 e. The van der Waals surface area contributed by atoms with E-state index in [2.05, 4.69) is 5.32 Å². The van der Waals surface area contributed by atoms with Gasteiger partial charge in [0.2, 0.25) is 5.91 Å².